The molecule has 1 fully saturated rings. The van der Waals surface area contributed by atoms with E-state index in [1.165, 1.54) is 25.1 Å². The van der Waals surface area contributed by atoms with Crippen LogP contribution in [0.3, 0.4) is 0 Å². The van der Waals surface area contributed by atoms with Crippen molar-refractivity contribution < 1.29 is 19.4 Å². The molecular weight excluding hydrogens is 412 g/mol. The Labute approximate surface area is 186 Å². The van der Waals surface area contributed by atoms with E-state index in [-0.39, 0.29) is 18.5 Å². The Bertz CT molecular complexity index is 961. The number of aryl methyl sites for hydroxylation is 2. The number of rotatable bonds is 8. The van der Waals surface area contributed by atoms with Crippen molar-refractivity contribution in [2.75, 3.05) is 32.1 Å². The van der Waals surface area contributed by atoms with Gasteiger partial charge < -0.3 is 25.4 Å². The number of pyridine rings is 1. The summed E-state index contributed by atoms with van der Waals surface area (Å²) in [6.45, 7) is 2.27. The number of ether oxygens (including phenoxy) is 1. The lowest BCUT2D eigenvalue weighted by molar-refractivity contribution is -0.137. The van der Waals surface area contributed by atoms with Crippen molar-refractivity contribution >= 4 is 17.8 Å². The number of aromatic nitrogens is 3. The number of amides is 2. The van der Waals surface area contributed by atoms with Gasteiger partial charge in [0.15, 0.2) is 0 Å². The molecule has 0 bridgehead atoms. The zero-order valence-electron chi connectivity index (χ0n) is 18.1. The molecule has 1 saturated heterocycles. The number of anilines is 1. The Balaban J connectivity index is 1.26. The van der Waals surface area contributed by atoms with Crippen LogP contribution >= 0.6 is 0 Å². The van der Waals surface area contributed by atoms with Crippen molar-refractivity contribution in [3.05, 3.63) is 41.3 Å². The molecule has 1 atom stereocenters. The topological polar surface area (TPSA) is 130 Å². The number of hydrogen-bond donors (Lipinski definition) is 3. The van der Waals surface area contributed by atoms with E-state index >= 15 is 0 Å². The lowest BCUT2D eigenvalue weighted by Gasteiger charge is -2.40. The first-order valence-electron chi connectivity index (χ1n) is 10.9. The maximum Gasteiger partial charge on any atom is 0.317 e. The van der Waals surface area contributed by atoms with Gasteiger partial charge in [-0.15, -0.1) is 0 Å². The SMILES string of the molecule is COc1ncc(C(CC(=O)O)NC(=O)N2CC(CCc3ccc4c(n3)NCCC4)C2)cn1. The predicted octanol–water partition coefficient (Wildman–Crippen LogP) is 2.03. The van der Waals surface area contributed by atoms with Gasteiger partial charge in [0.1, 0.15) is 5.82 Å². The molecule has 2 aliphatic rings. The molecule has 0 aromatic carbocycles. The third-order valence-corrected chi connectivity index (χ3v) is 5.91. The lowest BCUT2D eigenvalue weighted by Crippen LogP contribution is -2.54. The predicted molar refractivity (Wildman–Crippen MR) is 117 cm³/mol. The number of carboxylic acid groups (broad SMARTS) is 1. The number of carboxylic acids is 1. The average Bonchev–Trinajstić information content (AvgIpc) is 2.77. The molecule has 2 aromatic rings. The third kappa shape index (κ3) is 5.24. The minimum absolute atomic E-state index is 0.184. The monoisotopic (exact) mass is 440 g/mol. The normalized spacial score (nSPS) is 16.3. The molecule has 2 aromatic heterocycles. The van der Waals surface area contributed by atoms with Crippen LogP contribution in [0.2, 0.25) is 0 Å². The van der Waals surface area contributed by atoms with Crippen LogP contribution in [0.1, 0.15) is 42.1 Å². The summed E-state index contributed by atoms with van der Waals surface area (Å²) in [6.07, 6.45) is 6.75. The molecule has 170 valence electrons. The molecule has 10 heteroatoms. The molecule has 0 saturated carbocycles. The number of urea groups is 1. The number of methoxy groups -OCH3 is 1. The van der Waals surface area contributed by atoms with E-state index in [0.29, 0.717) is 24.6 Å². The second-order valence-electron chi connectivity index (χ2n) is 8.25. The standard InChI is InChI=1S/C22H28N6O4/c1-32-21-24-10-16(11-25-21)18(9-19(29)30)27-22(31)28-12-14(13-28)4-6-17-7-5-15-3-2-8-23-20(15)26-17/h5,7,10-11,14,18H,2-4,6,8-9,12-13H2,1H3,(H,23,26)(H,27,31)(H,29,30). The molecule has 4 rings (SSSR count). The van der Waals surface area contributed by atoms with Gasteiger partial charge in [-0.2, -0.15) is 0 Å². The summed E-state index contributed by atoms with van der Waals surface area (Å²) >= 11 is 0. The molecule has 32 heavy (non-hydrogen) atoms. The van der Waals surface area contributed by atoms with Crippen LogP contribution in [-0.4, -0.2) is 63.7 Å². The summed E-state index contributed by atoms with van der Waals surface area (Å²) in [4.78, 5) is 38.3. The number of nitrogens with one attached hydrogen (secondary N) is 2. The fourth-order valence-electron chi connectivity index (χ4n) is 4.06. The van der Waals surface area contributed by atoms with Crippen molar-refractivity contribution in [3.63, 3.8) is 0 Å². The van der Waals surface area contributed by atoms with E-state index < -0.39 is 12.0 Å². The van der Waals surface area contributed by atoms with Gasteiger partial charge in [0.05, 0.1) is 19.6 Å². The van der Waals surface area contributed by atoms with E-state index in [1.54, 1.807) is 4.90 Å². The summed E-state index contributed by atoms with van der Waals surface area (Å²) in [5.41, 5.74) is 2.87. The van der Waals surface area contributed by atoms with Crippen LogP contribution in [0, 0.1) is 5.92 Å². The van der Waals surface area contributed by atoms with Gasteiger partial charge in [0.2, 0.25) is 0 Å². The van der Waals surface area contributed by atoms with Gasteiger partial charge in [-0.3, -0.25) is 4.79 Å². The van der Waals surface area contributed by atoms with Crippen LogP contribution in [0.4, 0.5) is 10.6 Å². The number of aliphatic carboxylic acids is 1. The largest absolute Gasteiger partial charge is 0.481 e. The van der Waals surface area contributed by atoms with Crippen molar-refractivity contribution in [2.45, 2.75) is 38.1 Å². The second-order valence-corrected chi connectivity index (χ2v) is 8.25. The first-order valence-corrected chi connectivity index (χ1v) is 10.9. The molecule has 2 amide bonds. The zero-order chi connectivity index (χ0) is 22.5. The molecule has 0 spiro atoms. The molecule has 2 aliphatic heterocycles. The Morgan fingerprint density at radius 2 is 2.09 bits per heavy atom. The minimum atomic E-state index is -1.01. The van der Waals surface area contributed by atoms with Crippen LogP contribution in [-0.2, 0) is 17.6 Å². The first kappa shape index (κ1) is 21.8. The molecule has 1 unspecified atom stereocenters. The minimum Gasteiger partial charge on any atom is -0.481 e. The lowest BCUT2D eigenvalue weighted by atomic mass is 9.93. The van der Waals surface area contributed by atoms with Gasteiger partial charge in [0.25, 0.3) is 0 Å². The molecule has 4 heterocycles. The summed E-state index contributed by atoms with van der Waals surface area (Å²) in [7, 11) is 1.45. The van der Waals surface area contributed by atoms with Crippen molar-refractivity contribution in [1.29, 1.82) is 0 Å². The zero-order valence-corrected chi connectivity index (χ0v) is 18.1. The first-order chi connectivity index (χ1) is 15.5. The van der Waals surface area contributed by atoms with Crippen molar-refractivity contribution in [2.24, 2.45) is 5.92 Å². The van der Waals surface area contributed by atoms with Crippen molar-refractivity contribution in [3.8, 4) is 6.01 Å². The fraction of sp³-hybridized carbons (Fsp3) is 0.500. The molecule has 0 radical (unpaired) electrons. The number of fused-ring (bicyclic) bond motifs is 1. The maximum absolute atomic E-state index is 12.6. The van der Waals surface area contributed by atoms with Crippen LogP contribution in [0.25, 0.3) is 0 Å². The summed E-state index contributed by atoms with van der Waals surface area (Å²) < 4.78 is 4.93. The van der Waals surface area contributed by atoms with Crippen LogP contribution in [0.15, 0.2) is 24.5 Å². The van der Waals surface area contributed by atoms with E-state index in [9.17, 15) is 14.7 Å². The number of carbonyl (C=O) groups is 2. The van der Waals surface area contributed by atoms with Gasteiger partial charge in [-0.1, -0.05) is 6.07 Å². The highest BCUT2D eigenvalue weighted by Crippen LogP contribution is 2.25. The number of carbonyl (C=O) groups excluding carboxylic acids is 1. The number of nitrogens with zero attached hydrogens (tertiary/aromatic N) is 4. The highest BCUT2D eigenvalue weighted by atomic mass is 16.5. The Morgan fingerprint density at radius 3 is 2.81 bits per heavy atom. The Morgan fingerprint density at radius 1 is 1.31 bits per heavy atom. The van der Waals surface area contributed by atoms with Gasteiger partial charge in [-0.05, 0) is 43.2 Å². The van der Waals surface area contributed by atoms with Crippen LogP contribution < -0.4 is 15.4 Å². The van der Waals surface area contributed by atoms with Crippen LogP contribution in [0.5, 0.6) is 6.01 Å². The van der Waals surface area contributed by atoms with E-state index in [1.807, 2.05) is 0 Å². The fourth-order valence-corrected chi connectivity index (χ4v) is 4.06. The smallest absolute Gasteiger partial charge is 0.317 e. The molecule has 3 N–H and O–H groups in total. The Hall–Kier alpha value is -3.43. The van der Waals surface area contributed by atoms with Gasteiger partial charge >= 0.3 is 18.0 Å². The van der Waals surface area contributed by atoms with E-state index in [2.05, 4.69) is 32.7 Å². The molecule has 0 aliphatic carbocycles. The third-order valence-electron chi connectivity index (χ3n) is 5.91. The van der Waals surface area contributed by atoms with E-state index in [0.717, 1.165) is 43.7 Å². The molecule has 10 nitrogen and oxygen atoms in total. The number of hydrogen-bond acceptors (Lipinski definition) is 7. The Kier molecular flexibility index (Phi) is 6.67. The average molecular weight is 441 g/mol. The summed E-state index contributed by atoms with van der Waals surface area (Å²) in [5.74, 6) is 0.406. The van der Waals surface area contributed by atoms with Gasteiger partial charge in [-0.25, -0.2) is 19.7 Å². The quantitative estimate of drug-likeness (QED) is 0.569. The number of likely N-dealkylation sites (tertiary alicyclic amines) is 1. The van der Waals surface area contributed by atoms with Gasteiger partial charge in [0, 0.05) is 43.3 Å². The highest BCUT2D eigenvalue weighted by Gasteiger charge is 2.32. The highest BCUT2D eigenvalue weighted by molar-refractivity contribution is 5.77. The summed E-state index contributed by atoms with van der Waals surface area (Å²) in [6, 6.07) is 3.46. The summed E-state index contributed by atoms with van der Waals surface area (Å²) in [5, 5.41) is 15.4. The second kappa shape index (κ2) is 9.80. The van der Waals surface area contributed by atoms with Crippen molar-refractivity contribution in [1.82, 2.24) is 25.2 Å². The molecular formula is C22H28N6O4. The van der Waals surface area contributed by atoms with E-state index in [4.69, 9.17) is 9.72 Å². The maximum atomic E-state index is 12.6.